The number of carbonyl (C=O) groups is 1. The number of oxazole rings is 1. The Morgan fingerprint density at radius 2 is 1.91 bits per heavy atom. The van der Waals surface area contributed by atoms with Crippen molar-refractivity contribution >= 4 is 23.2 Å². The molecule has 0 bridgehead atoms. The average molecular weight is 467 g/mol. The number of hydrogen-bond donors (Lipinski definition) is 1. The molecule has 0 saturated carbocycles. The number of aromatic nitrogens is 1. The largest absolute Gasteiger partial charge is 0.441 e. The van der Waals surface area contributed by atoms with Crippen molar-refractivity contribution in [2.45, 2.75) is 26.2 Å². The van der Waals surface area contributed by atoms with E-state index in [1.54, 1.807) is 6.20 Å². The Kier molecular flexibility index (Phi) is 8.02. The number of amides is 1. The lowest BCUT2D eigenvalue weighted by Gasteiger charge is -2.36. The number of halogens is 1. The minimum absolute atomic E-state index is 0.0329. The molecule has 1 aliphatic heterocycles. The van der Waals surface area contributed by atoms with Crippen LogP contribution in [0.15, 0.2) is 59.1 Å². The lowest BCUT2D eigenvalue weighted by molar-refractivity contribution is -0.121. The monoisotopic (exact) mass is 466 g/mol. The summed E-state index contributed by atoms with van der Waals surface area (Å²) < 4.78 is 5.77. The van der Waals surface area contributed by atoms with E-state index < -0.39 is 0 Å². The van der Waals surface area contributed by atoms with Crippen LogP contribution in [0.3, 0.4) is 0 Å². The summed E-state index contributed by atoms with van der Waals surface area (Å²) >= 11 is 5.92. The zero-order valence-corrected chi connectivity index (χ0v) is 19.9. The SMILES string of the molecule is Cc1cccc(N2CCN(CCCNC(=O)CCc3ncc(-c4ccc(Cl)cc4)o3)CC2)c1. The van der Waals surface area contributed by atoms with E-state index in [-0.39, 0.29) is 5.91 Å². The quantitative estimate of drug-likeness (QED) is 0.468. The van der Waals surface area contributed by atoms with Gasteiger partial charge in [-0.25, -0.2) is 4.98 Å². The van der Waals surface area contributed by atoms with Gasteiger partial charge in [-0.1, -0.05) is 23.7 Å². The molecule has 1 aliphatic rings. The highest BCUT2D eigenvalue weighted by atomic mass is 35.5. The molecule has 1 saturated heterocycles. The topological polar surface area (TPSA) is 61.6 Å². The van der Waals surface area contributed by atoms with Crippen LogP contribution < -0.4 is 10.2 Å². The number of nitrogens with one attached hydrogen (secondary N) is 1. The van der Waals surface area contributed by atoms with Crippen LogP contribution in [-0.4, -0.2) is 55.1 Å². The van der Waals surface area contributed by atoms with Gasteiger partial charge in [-0.15, -0.1) is 0 Å². The van der Waals surface area contributed by atoms with E-state index >= 15 is 0 Å². The normalized spacial score (nSPS) is 14.4. The molecular formula is C26H31ClN4O2. The molecule has 0 radical (unpaired) electrons. The third kappa shape index (κ3) is 6.83. The van der Waals surface area contributed by atoms with Crippen molar-refractivity contribution in [2.24, 2.45) is 0 Å². The van der Waals surface area contributed by atoms with Crippen molar-refractivity contribution < 1.29 is 9.21 Å². The molecule has 7 heteroatoms. The van der Waals surface area contributed by atoms with Crippen LogP contribution in [-0.2, 0) is 11.2 Å². The van der Waals surface area contributed by atoms with Crippen molar-refractivity contribution in [3.05, 3.63) is 71.2 Å². The third-order valence-electron chi connectivity index (χ3n) is 5.96. The van der Waals surface area contributed by atoms with Gasteiger partial charge in [0.05, 0.1) is 6.20 Å². The maximum Gasteiger partial charge on any atom is 0.220 e. The lowest BCUT2D eigenvalue weighted by atomic mass is 10.2. The first kappa shape index (κ1) is 23.3. The molecule has 1 fully saturated rings. The van der Waals surface area contributed by atoms with Gasteiger partial charge in [-0.05, 0) is 61.9 Å². The van der Waals surface area contributed by atoms with Gasteiger partial charge in [-0.3, -0.25) is 9.69 Å². The molecule has 0 spiro atoms. The molecule has 33 heavy (non-hydrogen) atoms. The van der Waals surface area contributed by atoms with Gasteiger partial charge in [0.1, 0.15) is 0 Å². The Bertz CT molecular complexity index is 1040. The second-order valence-electron chi connectivity index (χ2n) is 8.50. The average Bonchev–Trinajstić information content (AvgIpc) is 3.30. The maximum atomic E-state index is 12.2. The van der Waals surface area contributed by atoms with Crippen molar-refractivity contribution in [1.29, 1.82) is 0 Å². The van der Waals surface area contributed by atoms with Crippen LogP contribution in [0.4, 0.5) is 5.69 Å². The van der Waals surface area contributed by atoms with Crippen molar-refractivity contribution in [3.63, 3.8) is 0 Å². The van der Waals surface area contributed by atoms with Crippen LogP contribution in [0.5, 0.6) is 0 Å². The molecule has 6 nitrogen and oxygen atoms in total. The van der Waals surface area contributed by atoms with Gasteiger partial charge in [0, 0.05) is 61.8 Å². The number of piperazine rings is 1. The van der Waals surface area contributed by atoms with Crippen LogP contribution in [0.25, 0.3) is 11.3 Å². The number of carbonyl (C=O) groups excluding carboxylic acids is 1. The van der Waals surface area contributed by atoms with Crippen LogP contribution in [0.2, 0.25) is 5.02 Å². The van der Waals surface area contributed by atoms with Gasteiger partial charge < -0.3 is 14.6 Å². The zero-order valence-electron chi connectivity index (χ0n) is 19.1. The number of rotatable bonds is 9. The third-order valence-corrected chi connectivity index (χ3v) is 6.21. The molecule has 2 heterocycles. The Balaban J connectivity index is 1.10. The lowest BCUT2D eigenvalue weighted by Crippen LogP contribution is -2.47. The molecular weight excluding hydrogens is 436 g/mol. The fraction of sp³-hybridized carbons (Fsp3) is 0.385. The van der Waals surface area contributed by atoms with Crippen molar-refractivity contribution in [2.75, 3.05) is 44.2 Å². The number of nitrogens with zero attached hydrogens (tertiary/aromatic N) is 3. The molecule has 0 atom stereocenters. The zero-order chi connectivity index (χ0) is 23.0. The smallest absolute Gasteiger partial charge is 0.220 e. The highest BCUT2D eigenvalue weighted by molar-refractivity contribution is 6.30. The summed E-state index contributed by atoms with van der Waals surface area (Å²) in [7, 11) is 0. The second-order valence-corrected chi connectivity index (χ2v) is 8.93. The Morgan fingerprint density at radius 1 is 1.12 bits per heavy atom. The number of anilines is 1. The Labute approximate surface area is 200 Å². The van der Waals surface area contributed by atoms with Gasteiger partial charge >= 0.3 is 0 Å². The van der Waals surface area contributed by atoms with Crippen LogP contribution in [0.1, 0.15) is 24.3 Å². The van der Waals surface area contributed by atoms with E-state index in [9.17, 15) is 4.79 Å². The maximum absolute atomic E-state index is 12.2. The molecule has 1 N–H and O–H groups in total. The Morgan fingerprint density at radius 3 is 2.67 bits per heavy atom. The molecule has 3 aromatic rings. The molecule has 1 amide bonds. The summed E-state index contributed by atoms with van der Waals surface area (Å²) in [6, 6.07) is 16.1. The first-order valence-corrected chi connectivity index (χ1v) is 12.0. The first-order valence-electron chi connectivity index (χ1n) is 11.6. The molecule has 2 aromatic carbocycles. The summed E-state index contributed by atoms with van der Waals surface area (Å²) in [4.78, 5) is 21.4. The van der Waals surface area contributed by atoms with Crippen LogP contribution >= 0.6 is 11.6 Å². The van der Waals surface area contributed by atoms with E-state index in [0.717, 1.165) is 44.7 Å². The summed E-state index contributed by atoms with van der Waals surface area (Å²) in [5.74, 6) is 1.29. The van der Waals surface area contributed by atoms with Gasteiger partial charge in [0.2, 0.25) is 5.91 Å². The van der Waals surface area contributed by atoms with Crippen LogP contribution in [0, 0.1) is 6.92 Å². The molecule has 1 aromatic heterocycles. The van der Waals surface area contributed by atoms with E-state index in [2.05, 4.69) is 51.3 Å². The predicted octanol–water partition coefficient (Wildman–Crippen LogP) is 4.56. The number of hydrogen-bond acceptors (Lipinski definition) is 5. The predicted molar refractivity (Wildman–Crippen MR) is 133 cm³/mol. The summed E-state index contributed by atoms with van der Waals surface area (Å²) in [6.07, 6.45) is 3.50. The van der Waals surface area contributed by atoms with E-state index in [0.29, 0.717) is 36.1 Å². The van der Waals surface area contributed by atoms with Crippen molar-refractivity contribution in [3.8, 4) is 11.3 Å². The highest BCUT2D eigenvalue weighted by Crippen LogP contribution is 2.22. The number of aryl methyl sites for hydroxylation is 2. The first-order chi connectivity index (χ1) is 16.1. The summed E-state index contributed by atoms with van der Waals surface area (Å²) in [6.45, 7) is 8.04. The Hall–Kier alpha value is -2.83. The second kappa shape index (κ2) is 11.3. The minimum Gasteiger partial charge on any atom is -0.441 e. The fourth-order valence-corrected chi connectivity index (χ4v) is 4.19. The van der Waals surface area contributed by atoms with Gasteiger partial charge in [-0.2, -0.15) is 0 Å². The standard InChI is InChI=1S/C26H31ClN4O2/c1-20-4-2-5-23(18-20)31-16-14-30(15-17-31)13-3-12-28-25(32)10-11-26-29-19-24(33-26)21-6-8-22(27)9-7-21/h2,4-9,18-19H,3,10-17H2,1H3,(H,28,32). The molecule has 0 unspecified atom stereocenters. The van der Waals surface area contributed by atoms with E-state index in [1.807, 2.05) is 24.3 Å². The fourth-order valence-electron chi connectivity index (χ4n) is 4.07. The molecule has 0 aliphatic carbocycles. The minimum atomic E-state index is 0.0329. The van der Waals surface area contributed by atoms with E-state index in [1.165, 1.54) is 11.3 Å². The van der Waals surface area contributed by atoms with Gasteiger partial charge in [0.15, 0.2) is 11.7 Å². The molecule has 4 rings (SSSR count). The van der Waals surface area contributed by atoms with Gasteiger partial charge in [0.25, 0.3) is 0 Å². The van der Waals surface area contributed by atoms with E-state index in [4.69, 9.17) is 16.0 Å². The molecule has 174 valence electrons. The summed E-state index contributed by atoms with van der Waals surface area (Å²) in [5, 5.41) is 3.70. The van der Waals surface area contributed by atoms with Crippen molar-refractivity contribution in [1.82, 2.24) is 15.2 Å². The number of benzene rings is 2. The highest BCUT2D eigenvalue weighted by Gasteiger charge is 2.17. The summed E-state index contributed by atoms with van der Waals surface area (Å²) in [5.41, 5.74) is 3.53.